The van der Waals surface area contributed by atoms with Crippen molar-refractivity contribution in [2.75, 3.05) is 6.54 Å². The Morgan fingerprint density at radius 3 is 1.43 bits per heavy atom. The van der Waals surface area contributed by atoms with E-state index in [1.165, 1.54) is 11.1 Å². The van der Waals surface area contributed by atoms with E-state index in [2.05, 4.69) is 184 Å². The van der Waals surface area contributed by atoms with Gasteiger partial charge in [0.15, 0.2) is 0 Å². The van der Waals surface area contributed by atoms with Gasteiger partial charge in [0, 0.05) is 65.7 Å². The van der Waals surface area contributed by atoms with E-state index in [9.17, 15) is 0 Å². The molecule has 49 heavy (non-hydrogen) atoms. The van der Waals surface area contributed by atoms with Crippen molar-refractivity contribution in [1.29, 1.82) is 0 Å². The molecule has 0 aliphatic carbocycles. The van der Waals surface area contributed by atoms with Crippen LogP contribution in [-0.2, 0) is 17.7 Å². The summed E-state index contributed by atoms with van der Waals surface area (Å²) in [6, 6.07) is 32.8. The van der Waals surface area contributed by atoms with Crippen LogP contribution in [0.1, 0.15) is 105 Å². The molecule has 5 nitrogen and oxygen atoms in total. The van der Waals surface area contributed by atoms with Gasteiger partial charge in [-0.25, -0.2) is 9.34 Å². The molecule has 0 bridgehead atoms. The Kier molecular flexibility index (Phi) is 10.0. The normalized spacial score (nSPS) is 28.3. The summed E-state index contributed by atoms with van der Waals surface area (Å²) in [5.74, 6) is 2.12. The molecule has 0 spiro atoms. The second-order valence-electron chi connectivity index (χ2n) is 17.7. The van der Waals surface area contributed by atoms with Gasteiger partial charge < -0.3 is 0 Å². The van der Waals surface area contributed by atoms with E-state index >= 15 is 4.57 Å². The lowest BCUT2D eigenvalue weighted by atomic mass is 9.76. The van der Waals surface area contributed by atoms with Gasteiger partial charge in [-0.05, 0) is 111 Å². The van der Waals surface area contributed by atoms with Crippen molar-refractivity contribution in [2.24, 2.45) is 0 Å². The molecule has 0 aromatic heterocycles. The Bertz CT molecular complexity index is 1600. The van der Waals surface area contributed by atoms with Crippen molar-refractivity contribution < 1.29 is 4.57 Å². The zero-order valence-electron chi connectivity index (χ0n) is 31.6. The summed E-state index contributed by atoms with van der Waals surface area (Å²) in [7, 11) is -3.10. The highest BCUT2D eigenvalue weighted by Crippen LogP contribution is 2.66. The van der Waals surface area contributed by atoms with Crippen LogP contribution in [-0.4, -0.2) is 66.0 Å². The lowest BCUT2D eigenvalue weighted by molar-refractivity contribution is -0.0615. The highest BCUT2D eigenvalue weighted by molar-refractivity contribution is 7.62. The zero-order valence-corrected chi connectivity index (χ0v) is 32.5. The first-order valence-electron chi connectivity index (χ1n) is 18.6. The molecule has 6 heteroatoms. The molecular weight excluding hydrogens is 619 g/mol. The Hall–Kier alpha value is -2.53. The van der Waals surface area contributed by atoms with Crippen LogP contribution in [0.15, 0.2) is 96.8 Å². The van der Waals surface area contributed by atoms with Crippen molar-refractivity contribution in [3.8, 4) is 0 Å². The molecular formula is C43H61N4OP. The summed E-state index contributed by atoms with van der Waals surface area (Å²) in [5.41, 5.74) is 3.58. The number of hydrogen-bond acceptors (Lipinski definition) is 3. The maximum Gasteiger partial charge on any atom is 0.239 e. The van der Waals surface area contributed by atoms with E-state index in [4.69, 9.17) is 0 Å². The topological polar surface area (TPSA) is 30.0 Å². The summed E-state index contributed by atoms with van der Waals surface area (Å²) in [5, 5.41) is 0. The molecule has 2 atom stereocenters. The number of nitrogens with zero attached hydrogens (tertiary/aromatic N) is 4. The van der Waals surface area contributed by atoms with Gasteiger partial charge in [-0.3, -0.25) is 14.4 Å². The first-order valence-corrected chi connectivity index (χ1v) is 20.2. The average molecular weight is 681 g/mol. The Labute approximate surface area is 297 Å². The van der Waals surface area contributed by atoms with Crippen LogP contribution in [0.5, 0.6) is 0 Å². The molecule has 3 fully saturated rings. The third kappa shape index (κ3) is 7.44. The van der Waals surface area contributed by atoms with Gasteiger partial charge in [-0.15, -0.1) is 0 Å². The van der Waals surface area contributed by atoms with Crippen molar-refractivity contribution in [3.05, 3.63) is 114 Å². The molecule has 3 saturated heterocycles. The van der Waals surface area contributed by atoms with E-state index in [-0.39, 0.29) is 40.3 Å². The van der Waals surface area contributed by atoms with Gasteiger partial charge in [0.05, 0.1) is 0 Å². The summed E-state index contributed by atoms with van der Waals surface area (Å²) in [6.07, 6.45) is 6.08. The second-order valence-corrected chi connectivity index (χ2v) is 20.1. The third-order valence-corrected chi connectivity index (χ3v) is 15.0. The van der Waals surface area contributed by atoms with Crippen molar-refractivity contribution in [2.45, 2.75) is 141 Å². The minimum Gasteiger partial charge on any atom is -0.289 e. The fraction of sp³-hybridized carbons (Fsp3) is 0.535. The van der Waals surface area contributed by atoms with Crippen molar-refractivity contribution in [1.82, 2.24) is 19.1 Å². The Morgan fingerprint density at radius 2 is 1.00 bits per heavy atom. The van der Waals surface area contributed by atoms with Crippen LogP contribution in [0.3, 0.4) is 0 Å². The monoisotopic (exact) mass is 680 g/mol. The number of likely N-dealkylation sites (tertiary alicyclic amines) is 2. The molecule has 3 aliphatic heterocycles. The van der Waals surface area contributed by atoms with Gasteiger partial charge in [0.1, 0.15) is 0 Å². The van der Waals surface area contributed by atoms with Gasteiger partial charge >= 0.3 is 0 Å². The fourth-order valence-electron chi connectivity index (χ4n) is 10.1. The Balaban J connectivity index is 1.33. The van der Waals surface area contributed by atoms with E-state index in [1.807, 2.05) is 0 Å². The summed E-state index contributed by atoms with van der Waals surface area (Å²) in [6.45, 7) is 24.2. The maximum atomic E-state index is 16.2. The quantitative estimate of drug-likeness (QED) is 0.221. The number of rotatable bonds is 8. The van der Waals surface area contributed by atoms with Crippen molar-refractivity contribution in [3.63, 3.8) is 0 Å². The summed E-state index contributed by atoms with van der Waals surface area (Å²) >= 11 is 0. The molecule has 2 unspecified atom stereocenters. The average Bonchev–Trinajstić information content (AvgIpc) is 3.30. The Morgan fingerprint density at radius 1 is 0.612 bits per heavy atom. The number of hydrogen-bond donors (Lipinski definition) is 0. The molecule has 0 saturated carbocycles. The van der Waals surface area contributed by atoms with Crippen LogP contribution in [0.4, 0.5) is 0 Å². The van der Waals surface area contributed by atoms with Crippen LogP contribution in [0, 0.1) is 0 Å². The first kappa shape index (κ1) is 36.3. The van der Waals surface area contributed by atoms with Gasteiger partial charge in [0.2, 0.25) is 7.44 Å². The SMILES string of the molecule is CC1CN(C2CC(C)(C)N(Cc3ccccc3)C(C)(C)C2)P(=O)(C=Cc2ccccc2)N1C1CC(C)(C)N(Cc2ccccc2)C(C)(C)C1. The lowest BCUT2D eigenvalue weighted by Gasteiger charge is -2.58. The smallest absolute Gasteiger partial charge is 0.239 e. The molecule has 0 radical (unpaired) electrons. The van der Waals surface area contributed by atoms with E-state index in [0.29, 0.717) is 0 Å². The van der Waals surface area contributed by atoms with Crippen LogP contribution < -0.4 is 0 Å². The van der Waals surface area contributed by atoms with Gasteiger partial charge in [0.25, 0.3) is 0 Å². The largest absolute Gasteiger partial charge is 0.289 e. The fourth-order valence-corrected chi connectivity index (χ4v) is 13.4. The van der Waals surface area contributed by atoms with Gasteiger partial charge in [-0.1, -0.05) is 91.0 Å². The van der Waals surface area contributed by atoms with E-state index in [0.717, 1.165) is 50.9 Å². The first-order chi connectivity index (χ1) is 23.0. The second kappa shape index (κ2) is 13.5. The minimum atomic E-state index is -3.10. The van der Waals surface area contributed by atoms with Crippen LogP contribution >= 0.6 is 7.44 Å². The van der Waals surface area contributed by atoms with Crippen molar-refractivity contribution >= 4 is 13.5 Å². The molecule has 0 amide bonds. The predicted octanol–water partition coefficient (Wildman–Crippen LogP) is 10.3. The molecule has 264 valence electrons. The number of piperidine rings is 2. The summed E-state index contributed by atoms with van der Waals surface area (Å²) < 4.78 is 21.2. The predicted molar refractivity (Wildman–Crippen MR) is 207 cm³/mol. The standard InChI is InChI=1S/C43H61N4OP/c1-34-31-44(38-27-40(2,3)45(41(4,5)28-38)32-36-21-15-11-16-22-36)49(48,26-25-35-19-13-10-14-20-35)47(34)39-29-42(6,7)46(43(8,9)30-39)33-37-23-17-12-18-24-37/h10-26,34,38-39H,27-33H2,1-9H3. The molecule has 6 rings (SSSR count). The lowest BCUT2D eigenvalue weighted by Crippen LogP contribution is -2.63. The highest BCUT2D eigenvalue weighted by atomic mass is 31.2. The highest BCUT2D eigenvalue weighted by Gasteiger charge is 2.58. The summed E-state index contributed by atoms with van der Waals surface area (Å²) in [4.78, 5) is 5.39. The molecule has 3 aliphatic rings. The molecule has 3 aromatic rings. The van der Waals surface area contributed by atoms with Gasteiger partial charge in [-0.2, -0.15) is 0 Å². The zero-order chi connectivity index (χ0) is 35.2. The number of benzene rings is 3. The maximum absolute atomic E-state index is 16.2. The van der Waals surface area contributed by atoms with E-state index in [1.54, 1.807) is 0 Å². The molecule has 0 N–H and O–H groups in total. The van der Waals surface area contributed by atoms with E-state index < -0.39 is 7.44 Å². The minimum absolute atomic E-state index is 0.0559. The molecule has 3 aromatic carbocycles. The van der Waals surface area contributed by atoms with Crippen LogP contribution in [0.25, 0.3) is 6.08 Å². The molecule has 3 heterocycles. The van der Waals surface area contributed by atoms with Crippen LogP contribution in [0.2, 0.25) is 0 Å². The third-order valence-electron chi connectivity index (χ3n) is 11.9.